The van der Waals surface area contributed by atoms with E-state index in [1.54, 1.807) is 12.1 Å². The third-order valence-electron chi connectivity index (χ3n) is 3.66. The maximum atomic E-state index is 11.1. The van der Waals surface area contributed by atoms with Gasteiger partial charge in [-0.1, -0.05) is 0 Å². The van der Waals surface area contributed by atoms with Crippen LogP contribution in [0.15, 0.2) is 30.3 Å². The third kappa shape index (κ3) is 6.20. The average Bonchev–Trinajstić information content (AvgIpc) is 2.49. The van der Waals surface area contributed by atoms with Crippen LogP contribution in [0.4, 0.5) is 0 Å². The third-order valence-corrected chi connectivity index (χ3v) is 6.94. The summed E-state index contributed by atoms with van der Waals surface area (Å²) < 4.78 is 19.1. The van der Waals surface area contributed by atoms with Crippen molar-refractivity contribution < 1.29 is 24.2 Å². The second kappa shape index (κ2) is 8.69. The molecule has 2 aromatic rings. The Morgan fingerprint density at radius 2 is 1.92 bits per heavy atom. The van der Waals surface area contributed by atoms with Crippen molar-refractivity contribution in [1.29, 1.82) is 0 Å². The second-order valence-electron chi connectivity index (χ2n) is 6.11. The molecule has 0 aliphatic rings. The number of phenolic OH excluding ortho intramolecular Hbond substituents is 1. The van der Waals surface area contributed by atoms with Crippen LogP contribution in [0.2, 0.25) is 0 Å². The Hall–Kier alpha value is -0.158. The number of hydrogen-bond donors (Lipinski definition) is 3. The molecule has 0 bridgehead atoms. The van der Waals surface area contributed by atoms with Crippen molar-refractivity contribution in [3.8, 4) is 17.2 Å². The van der Waals surface area contributed by atoms with Gasteiger partial charge in [-0.05, 0) is 0 Å². The molecule has 25 heavy (non-hydrogen) atoms. The predicted molar refractivity (Wildman–Crippen MR) is 107 cm³/mol. The molecule has 0 radical (unpaired) electrons. The Morgan fingerprint density at radius 3 is 2.48 bits per heavy atom. The maximum absolute atomic E-state index is 11.1. The summed E-state index contributed by atoms with van der Waals surface area (Å²) in [6.07, 6.45) is 0.195. The van der Waals surface area contributed by atoms with Gasteiger partial charge in [0, 0.05) is 0 Å². The molecule has 0 saturated heterocycles. The van der Waals surface area contributed by atoms with E-state index >= 15 is 0 Å². The SMILES string of the molecule is CC(C)c1cc(Oc2c(I)cc(CCP(=O)(O)O)c[c]2[Tl])ccc1O. The van der Waals surface area contributed by atoms with Crippen molar-refractivity contribution in [1.82, 2.24) is 0 Å². The zero-order valence-electron chi connectivity index (χ0n) is 13.9. The van der Waals surface area contributed by atoms with Gasteiger partial charge in [-0.2, -0.15) is 0 Å². The Bertz CT molecular complexity index is 796. The summed E-state index contributed by atoms with van der Waals surface area (Å²) in [6, 6.07) is 9.09. The number of aromatic hydroxyl groups is 1. The summed E-state index contributed by atoms with van der Waals surface area (Å²) >= 11 is 2.70. The first-order valence-corrected chi connectivity index (χ1v) is 12.8. The van der Waals surface area contributed by atoms with E-state index in [0.717, 1.165) is 23.6 Å². The molecule has 3 N–H and O–H groups in total. The Morgan fingerprint density at radius 1 is 1.24 bits per heavy atom. The Kier molecular flexibility index (Phi) is 7.35. The molecule has 0 amide bonds. The van der Waals surface area contributed by atoms with Crippen molar-refractivity contribution in [2.75, 3.05) is 6.16 Å². The molecule has 0 aliphatic carbocycles. The molecule has 0 aliphatic heterocycles. The first-order valence-electron chi connectivity index (χ1n) is 7.70. The van der Waals surface area contributed by atoms with Crippen LogP contribution in [0.3, 0.4) is 0 Å². The summed E-state index contributed by atoms with van der Waals surface area (Å²) in [6.45, 7) is 4.02. The van der Waals surface area contributed by atoms with Gasteiger partial charge in [-0.15, -0.1) is 0 Å². The molecule has 2 aromatic carbocycles. The summed E-state index contributed by atoms with van der Waals surface area (Å²) in [4.78, 5) is 18.1. The zero-order chi connectivity index (χ0) is 18.8. The summed E-state index contributed by atoms with van der Waals surface area (Å²) in [7, 11) is -3.99. The van der Waals surface area contributed by atoms with Crippen molar-refractivity contribution in [2.24, 2.45) is 0 Å². The molecule has 5 nitrogen and oxygen atoms in total. The fourth-order valence-corrected chi connectivity index (χ4v) is 6.56. The topological polar surface area (TPSA) is 87.0 Å². The molecular weight excluding hydrogens is 646 g/mol. The van der Waals surface area contributed by atoms with E-state index < -0.39 is 7.60 Å². The van der Waals surface area contributed by atoms with Crippen molar-refractivity contribution >= 4 is 59.1 Å². The Balaban J connectivity index is 2.26. The van der Waals surface area contributed by atoms with Gasteiger partial charge in [0.15, 0.2) is 0 Å². The van der Waals surface area contributed by atoms with Crippen LogP contribution in [0.25, 0.3) is 0 Å². The average molecular weight is 666 g/mol. The number of benzene rings is 2. The molecule has 0 unspecified atom stereocenters. The fraction of sp³-hybridized carbons (Fsp3) is 0.294. The van der Waals surface area contributed by atoms with Gasteiger partial charge >= 0.3 is 178 Å². The fourth-order valence-electron chi connectivity index (χ4n) is 2.38. The van der Waals surface area contributed by atoms with Gasteiger partial charge in [-0.25, -0.2) is 0 Å². The molecular formula is C17H19IO5PTl. The van der Waals surface area contributed by atoms with Crippen LogP contribution < -0.4 is 7.86 Å². The quantitative estimate of drug-likeness (QED) is 0.250. The van der Waals surface area contributed by atoms with E-state index in [4.69, 9.17) is 14.5 Å². The zero-order valence-corrected chi connectivity index (χ0v) is 21.5. The van der Waals surface area contributed by atoms with E-state index in [1.165, 1.54) is 0 Å². The molecule has 2 rings (SSSR count). The van der Waals surface area contributed by atoms with Crippen molar-refractivity contribution in [2.45, 2.75) is 26.2 Å². The van der Waals surface area contributed by atoms with Gasteiger partial charge in [0.2, 0.25) is 0 Å². The van der Waals surface area contributed by atoms with E-state index in [-0.39, 0.29) is 17.8 Å². The van der Waals surface area contributed by atoms with Crippen molar-refractivity contribution in [3.05, 3.63) is 45.0 Å². The number of halogens is 1. The molecule has 0 spiro atoms. The molecule has 0 atom stereocenters. The summed E-state index contributed by atoms with van der Waals surface area (Å²) in [5.74, 6) is 1.91. The van der Waals surface area contributed by atoms with E-state index in [0.29, 0.717) is 37.9 Å². The first-order chi connectivity index (χ1) is 11.6. The van der Waals surface area contributed by atoms with Crippen LogP contribution in [-0.4, -0.2) is 46.8 Å². The van der Waals surface area contributed by atoms with E-state index in [9.17, 15) is 9.67 Å². The van der Waals surface area contributed by atoms with E-state index in [2.05, 4.69) is 22.6 Å². The normalized spacial score (nSPS) is 11.7. The molecule has 8 heteroatoms. The molecule has 0 heterocycles. The molecule has 0 saturated carbocycles. The number of rotatable bonds is 6. The van der Waals surface area contributed by atoms with Crippen LogP contribution in [0.5, 0.6) is 17.2 Å². The van der Waals surface area contributed by atoms with Crippen LogP contribution in [0.1, 0.15) is 30.9 Å². The van der Waals surface area contributed by atoms with E-state index in [1.807, 2.05) is 32.0 Å². The minimum absolute atomic E-state index is 0.150. The predicted octanol–water partition coefficient (Wildman–Crippen LogP) is 3.43. The molecule has 132 valence electrons. The first kappa shape index (κ1) is 21.1. The summed E-state index contributed by atoms with van der Waals surface area (Å²) in [5, 5.41) is 9.93. The van der Waals surface area contributed by atoms with Crippen LogP contribution >= 0.6 is 30.2 Å². The molecule has 0 aromatic heterocycles. The van der Waals surface area contributed by atoms with Crippen LogP contribution in [0, 0.1) is 3.57 Å². The van der Waals surface area contributed by atoms with Crippen LogP contribution in [-0.2, 0) is 11.0 Å². The number of hydrogen-bond acceptors (Lipinski definition) is 3. The van der Waals surface area contributed by atoms with Gasteiger partial charge in [0.25, 0.3) is 0 Å². The summed E-state index contributed by atoms with van der Waals surface area (Å²) in [5.41, 5.74) is 1.74. The van der Waals surface area contributed by atoms with Gasteiger partial charge in [-0.3, -0.25) is 0 Å². The van der Waals surface area contributed by atoms with Gasteiger partial charge < -0.3 is 0 Å². The van der Waals surface area contributed by atoms with Gasteiger partial charge in [0.05, 0.1) is 0 Å². The number of ether oxygens (including phenoxy) is 1. The molecule has 0 fully saturated rings. The van der Waals surface area contributed by atoms with Gasteiger partial charge in [0.1, 0.15) is 0 Å². The minimum atomic E-state index is -3.99. The number of phenols is 1. The standard InChI is InChI=1S/C17H19IO5P.Tl/c1-11(2)14-10-13(4-5-16(14)19)23-17-6-3-12(9-15(17)18)7-8-24(20,21)22;/h3-5,9-11,19H,7-8H2,1-2H3,(H2,20,21,22);. The number of aryl methyl sites for hydroxylation is 1. The van der Waals surface area contributed by atoms with Crippen molar-refractivity contribution in [3.63, 3.8) is 0 Å². The monoisotopic (exact) mass is 666 g/mol. The Labute approximate surface area is 176 Å². The second-order valence-corrected chi connectivity index (χ2v) is 11.5.